The van der Waals surface area contributed by atoms with Crippen LogP contribution < -0.4 is 0 Å². The number of carboxylic acids is 1. The van der Waals surface area contributed by atoms with Crippen molar-refractivity contribution in [2.45, 2.75) is 38.5 Å². The van der Waals surface area contributed by atoms with Gasteiger partial charge in [-0.15, -0.1) is 0 Å². The molecule has 1 saturated heterocycles. The van der Waals surface area contributed by atoms with Crippen LogP contribution in [0.15, 0.2) is 12.2 Å². The highest BCUT2D eigenvalue weighted by molar-refractivity contribution is 6.05. The minimum Gasteiger partial charge on any atom is -0.481 e. The number of nitrogens with zero attached hydrogens (tertiary/aromatic N) is 1. The van der Waals surface area contributed by atoms with E-state index in [1.54, 1.807) is 0 Å². The molecule has 2 aliphatic rings. The second kappa shape index (κ2) is 5.99. The third-order valence-electron chi connectivity index (χ3n) is 3.87. The number of imide groups is 1. The van der Waals surface area contributed by atoms with Crippen molar-refractivity contribution in [1.82, 2.24) is 4.90 Å². The number of fused-ring (bicyclic) bond motifs is 1. The molecule has 0 aromatic carbocycles. The number of carbonyl (C=O) groups excluding carboxylic acids is 2. The molecule has 2 unspecified atom stereocenters. The lowest BCUT2D eigenvalue weighted by atomic mass is 9.85. The van der Waals surface area contributed by atoms with Gasteiger partial charge in [0, 0.05) is 13.0 Å². The van der Waals surface area contributed by atoms with E-state index in [9.17, 15) is 14.4 Å². The van der Waals surface area contributed by atoms with Gasteiger partial charge in [0.2, 0.25) is 11.8 Å². The van der Waals surface area contributed by atoms with Crippen LogP contribution in [0.4, 0.5) is 0 Å². The van der Waals surface area contributed by atoms with Crippen molar-refractivity contribution in [3.8, 4) is 0 Å². The van der Waals surface area contributed by atoms with Gasteiger partial charge in [0.1, 0.15) is 0 Å². The third-order valence-corrected chi connectivity index (χ3v) is 3.87. The van der Waals surface area contributed by atoms with Crippen molar-refractivity contribution in [1.29, 1.82) is 0 Å². The van der Waals surface area contributed by atoms with Crippen molar-refractivity contribution >= 4 is 17.8 Å². The van der Waals surface area contributed by atoms with E-state index in [4.69, 9.17) is 5.11 Å². The zero-order valence-corrected chi connectivity index (χ0v) is 10.9. The van der Waals surface area contributed by atoms with Gasteiger partial charge in [-0.1, -0.05) is 18.6 Å². The van der Waals surface area contributed by atoms with Gasteiger partial charge < -0.3 is 5.11 Å². The molecule has 1 heterocycles. The summed E-state index contributed by atoms with van der Waals surface area (Å²) in [4.78, 5) is 35.9. The molecule has 1 aliphatic carbocycles. The summed E-state index contributed by atoms with van der Waals surface area (Å²) in [6, 6.07) is 0. The smallest absolute Gasteiger partial charge is 0.303 e. The molecule has 2 amide bonds. The monoisotopic (exact) mass is 265 g/mol. The van der Waals surface area contributed by atoms with Gasteiger partial charge in [-0.2, -0.15) is 0 Å². The molecular formula is C14H19NO4. The van der Waals surface area contributed by atoms with Crippen LogP contribution >= 0.6 is 0 Å². The lowest BCUT2D eigenvalue weighted by molar-refractivity contribution is -0.140. The van der Waals surface area contributed by atoms with Crippen LogP contribution in [0.5, 0.6) is 0 Å². The fourth-order valence-electron chi connectivity index (χ4n) is 2.81. The number of amides is 2. The molecule has 1 aliphatic heterocycles. The number of allylic oxidation sites excluding steroid dienone is 2. The minimum atomic E-state index is -0.801. The summed E-state index contributed by atoms with van der Waals surface area (Å²) in [6.07, 6.45) is 7.46. The standard InChI is InChI=1S/C14H19NO4/c16-12(17)8-2-1-5-9-15-13(18)10-6-3-4-7-11(10)14(15)19/h3-4,10-11H,1-2,5-9H2,(H,16,17). The normalized spacial score (nSPS) is 25.8. The highest BCUT2D eigenvalue weighted by Crippen LogP contribution is 2.35. The summed E-state index contributed by atoms with van der Waals surface area (Å²) in [7, 11) is 0. The lowest BCUT2D eigenvalue weighted by Gasteiger charge is -2.14. The topological polar surface area (TPSA) is 74.7 Å². The van der Waals surface area contributed by atoms with Gasteiger partial charge >= 0.3 is 5.97 Å². The zero-order chi connectivity index (χ0) is 13.8. The molecule has 0 aromatic heterocycles. The predicted octanol–water partition coefficient (Wildman–Crippen LogP) is 1.58. The third kappa shape index (κ3) is 3.03. The van der Waals surface area contributed by atoms with E-state index < -0.39 is 5.97 Å². The van der Waals surface area contributed by atoms with Crippen LogP contribution in [-0.4, -0.2) is 34.3 Å². The summed E-state index contributed by atoms with van der Waals surface area (Å²) in [5, 5.41) is 8.52. The summed E-state index contributed by atoms with van der Waals surface area (Å²) < 4.78 is 0. The molecule has 5 nitrogen and oxygen atoms in total. The molecule has 0 aromatic rings. The Kier molecular flexibility index (Phi) is 4.35. The molecule has 104 valence electrons. The van der Waals surface area contributed by atoms with Crippen LogP contribution in [0.2, 0.25) is 0 Å². The minimum absolute atomic E-state index is 0.0439. The average Bonchev–Trinajstić information content (AvgIpc) is 2.63. The van der Waals surface area contributed by atoms with Gasteiger partial charge in [-0.3, -0.25) is 19.3 Å². The van der Waals surface area contributed by atoms with Gasteiger partial charge in [-0.05, 0) is 25.7 Å². The Balaban J connectivity index is 1.80. The van der Waals surface area contributed by atoms with E-state index in [1.807, 2.05) is 12.2 Å². The first kappa shape index (κ1) is 13.8. The fraction of sp³-hybridized carbons (Fsp3) is 0.643. The molecule has 0 bridgehead atoms. The molecule has 19 heavy (non-hydrogen) atoms. The number of likely N-dealkylation sites (tertiary alicyclic amines) is 1. The Morgan fingerprint density at radius 1 is 1.11 bits per heavy atom. The summed E-state index contributed by atoms with van der Waals surface area (Å²) in [5.41, 5.74) is 0. The fourth-order valence-corrected chi connectivity index (χ4v) is 2.81. The number of carboxylic acid groups (broad SMARTS) is 1. The number of hydrogen-bond acceptors (Lipinski definition) is 3. The Morgan fingerprint density at radius 3 is 2.21 bits per heavy atom. The maximum atomic E-state index is 12.1. The zero-order valence-electron chi connectivity index (χ0n) is 10.9. The van der Waals surface area contributed by atoms with Crippen LogP contribution in [0.3, 0.4) is 0 Å². The number of carbonyl (C=O) groups is 3. The Morgan fingerprint density at radius 2 is 1.68 bits per heavy atom. The molecule has 0 spiro atoms. The van der Waals surface area contributed by atoms with Crippen molar-refractivity contribution in [3.05, 3.63) is 12.2 Å². The Bertz CT molecular complexity index is 390. The molecule has 1 N–H and O–H groups in total. The summed E-state index contributed by atoms with van der Waals surface area (Å²) >= 11 is 0. The summed E-state index contributed by atoms with van der Waals surface area (Å²) in [5.74, 6) is -1.20. The Labute approximate surface area is 112 Å². The van der Waals surface area contributed by atoms with Crippen LogP contribution in [0.25, 0.3) is 0 Å². The van der Waals surface area contributed by atoms with E-state index in [1.165, 1.54) is 4.90 Å². The van der Waals surface area contributed by atoms with Crippen molar-refractivity contribution in [2.75, 3.05) is 6.54 Å². The van der Waals surface area contributed by atoms with Crippen LogP contribution in [0.1, 0.15) is 38.5 Å². The first-order valence-electron chi connectivity index (χ1n) is 6.83. The molecule has 0 saturated carbocycles. The quantitative estimate of drug-likeness (QED) is 0.449. The first-order valence-corrected chi connectivity index (χ1v) is 6.83. The molecule has 2 rings (SSSR count). The van der Waals surface area contributed by atoms with Crippen LogP contribution in [-0.2, 0) is 14.4 Å². The SMILES string of the molecule is O=C(O)CCCCCN1C(=O)C2CC=CCC2C1=O. The number of hydrogen-bond donors (Lipinski definition) is 1. The highest BCUT2D eigenvalue weighted by Gasteiger charge is 2.46. The first-order chi connectivity index (χ1) is 9.11. The lowest BCUT2D eigenvalue weighted by Crippen LogP contribution is -2.32. The summed E-state index contributed by atoms with van der Waals surface area (Å²) in [6.45, 7) is 0.435. The number of unbranched alkanes of at least 4 members (excludes halogenated alkanes) is 2. The van der Waals surface area contributed by atoms with E-state index in [2.05, 4.69) is 0 Å². The average molecular weight is 265 g/mol. The largest absolute Gasteiger partial charge is 0.481 e. The molecular weight excluding hydrogens is 246 g/mol. The Hall–Kier alpha value is -1.65. The molecule has 2 atom stereocenters. The van der Waals surface area contributed by atoms with Crippen molar-refractivity contribution in [3.63, 3.8) is 0 Å². The molecule has 5 heteroatoms. The van der Waals surface area contributed by atoms with Crippen molar-refractivity contribution in [2.24, 2.45) is 11.8 Å². The van der Waals surface area contributed by atoms with Gasteiger partial charge in [0.15, 0.2) is 0 Å². The van der Waals surface area contributed by atoms with E-state index in [-0.39, 0.29) is 30.1 Å². The number of rotatable bonds is 6. The predicted molar refractivity (Wildman–Crippen MR) is 68.2 cm³/mol. The van der Waals surface area contributed by atoms with Crippen LogP contribution in [0, 0.1) is 11.8 Å². The van der Waals surface area contributed by atoms with Crippen molar-refractivity contribution < 1.29 is 19.5 Å². The maximum absolute atomic E-state index is 12.1. The van der Waals surface area contributed by atoms with E-state index >= 15 is 0 Å². The highest BCUT2D eigenvalue weighted by atomic mass is 16.4. The second-order valence-corrected chi connectivity index (χ2v) is 5.19. The molecule has 1 fully saturated rings. The van der Waals surface area contributed by atoms with Gasteiger partial charge in [0.05, 0.1) is 11.8 Å². The molecule has 0 radical (unpaired) electrons. The number of aliphatic carboxylic acids is 1. The van der Waals surface area contributed by atoms with E-state index in [0.29, 0.717) is 32.2 Å². The maximum Gasteiger partial charge on any atom is 0.303 e. The van der Waals surface area contributed by atoms with Gasteiger partial charge in [-0.25, -0.2) is 0 Å². The van der Waals surface area contributed by atoms with Gasteiger partial charge in [0.25, 0.3) is 0 Å². The van der Waals surface area contributed by atoms with E-state index in [0.717, 1.165) is 6.42 Å². The second-order valence-electron chi connectivity index (χ2n) is 5.19.